The summed E-state index contributed by atoms with van der Waals surface area (Å²) in [6.07, 6.45) is -3.73. The number of benzene rings is 1. The van der Waals surface area contributed by atoms with Gasteiger partial charge in [-0.05, 0) is 23.8 Å². The highest BCUT2D eigenvalue weighted by molar-refractivity contribution is 5.94. The summed E-state index contributed by atoms with van der Waals surface area (Å²) in [4.78, 5) is 14.5. The van der Waals surface area contributed by atoms with Crippen molar-refractivity contribution in [1.82, 2.24) is 4.98 Å². The van der Waals surface area contributed by atoms with Crippen molar-refractivity contribution in [3.8, 4) is 11.1 Å². The zero-order chi connectivity index (χ0) is 15.8. The molecule has 2 aromatic rings. The van der Waals surface area contributed by atoms with E-state index in [0.717, 1.165) is 18.3 Å². The second-order valence-corrected chi connectivity index (χ2v) is 4.15. The molecule has 0 aliphatic rings. The number of anilines is 1. The smallest absolute Gasteiger partial charge is 0.419 e. The number of carboxylic acid groups (broad SMARTS) is 1. The van der Waals surface area contributed by atoms with Crippen LogP contribution in [0, 0.1) is 5.82 Å². The van der Waals surface area contributed by atoms with Crippen LogP contribution in [0.1, 0.15) is 15.9 Å². The third-order valence-electron chi connectivity index (χ3n) is 2.75. The van der Waals surface area contributed by atoms with Crippen molar-refractivity contribution < 1.29 is 27.5 Å². The van der Waals surface area contributed by atoms with Crippen LogP contribution in [-0.4, -0.2) is 16.1 Å². The summed E-state index contributed by atoms with van der Waals surface area (Å²) in [5.41, 5.74) is 3.66. The number of nitrogens with two attached hydrogens (primary N) is 1. The van der Waals surface area contributed by atoms with Crippen molar-refractivity contribution in [3.05, 3.63) is 47.4 Å². The number of pyridine rings is 1. The van der Waals surface area contributed by atoms with Gasteiger partial charge in [-0.2, -0.15) is 13.2 Å². The molecule has 0 spiro atoms. The topological polar surface area (TPSA) is 76.2 Å². The number of carbonyl (C=O) groups is 1. The van der Waals surface area contributed by atoms with E-state index in [1.54, 1.807) is 0 Å². The Bertz CT molecular complexity index is 714. The average Bonchev–Trinajstić information content (AvgIpc) is 2.38. The van der Waals surface area contributed by atoms with Crippen molar-refractivity contribution >= 4 is 11.8 Å². The van der Waals surface area contributed by atoms with Gasteiger partial charge >= 0.3 is 12.1 Å². The lowest BCUT2D eigenvalue weighted by molar-refractivity contribution is -0.139. The van der Waals surface area contributed by atoms with Crippen LogP contribution in [0.2, 0.25) is 0 Å². The fourth-order valence-corrected chi connectivity index (χ4v) is 1.73. The molecular weight excluding hydrogens is 292 g/mol. The second kappa shape index (κ2) is 5.04. The van der Waals surface area contributed by atoms with Gasteiger partial charge in [0.05, 0.1) is 5.56 Å². The van der Waals surface area contributed by atoms with Gasteiger partial charge in [0.2, 0.25) is 0 Å². The highest BCUT2D eigenvalue weighted by Gasteiger charge is 2.34. The normalized spacial score (nSPS) is 11.4. The molecular formula is C13H8F4N2O2. The summed E-state index contributed by atoms with van der Waals surface area (Å²) in [7, 11) is 0. The summed E-state index contributed by atoms with van der Waals surface area (Å²) < 4.78 is 51.1. The van der Waals surface area contributed by atoms with E-state index < -0.39 is 23.5 Å². The highest BCUT2D eigenvalue weighted by atomic mass is 19.4. The SMILES string of the molecule is Nc1ncc(-c2ccc(F)c(C(F)(F)F)c2)cc1C(=O)O. The molecule has 0 aliphatic carbocycles. The Morgan fingerprint density at radius 3 is 2.43 bits per heavy atom. The zero-order valence-corrected chi connectivity index (χ0v) is 10.3. The number of rotatable bonds is 2. The molecule has 1 aromatic carbocycles. The van der Waals surface area contributed by atoms with Crippen molar-refractivity contribution in [1.29, 1.82) is 0 Å². The maximum Gasteiger partial charge on any atom is 0.419 e. The quantitative estimate of drug-likeness (QED) is 0.835. The molecule has 3 N–H and O–H groups in total. The van der Waals surface area contributed by atoms with E-state index in [-0.39, 0.29) is 22.5 Å². The molecule has 1 aromatic heterocycles. The maximum atomic E-state index is 13.2. The van der Waals surface area contributed by atoms with Crippen molar-refractivity contribution in [2.75, 3.05) is 5.73 Å². The number of alkyl halides is 3. The fraction of sp³-hybridized carbons (Fsp3) is 0.0769. The van der Waals surface area contributed by atoms with Gasteiger partial charge < -0.3 is 10.8 Å². The number of nitrogen functional groups attached to an aromatic ring is 1. The van der Waals surface area contributed by atoms with Crippen LogP contribution in [0.3, 0.4) is 0 Å². The number of carboxylic acids is 1. The summed E-state index contributed by atoms with van der Waals surface area (Å²) in [5, 5.41) is 8.90. The van der Waals surface area contributed by atoms with Crippen molar-refractivity contribution in [2.45, 2.75) is 6.18 Å². The minimum Gasteiger partial charge on any atom is -0.478 e. The van der Waals surface area contributed by atoms with Gasteiger partial charge in [0, 0.05) is 11.8 Å². The number of halogens is 4. The fourth-order valence-electron chi connectivity index (χ4n) is 1.73. The van der Waals surface area contributed by atoms with Crippen LogP contribution in [0.5, 0.6) is 0 Å². The molecule has 0 bridgehead atoms. The Hall–Kier alpha value is -2.64. The molecule has 21 heavy (non-hydrogen) atoms. The molecule has 0 saturated carbocycles. The molecule has 0 atom stereocenters. The van der Waals surface area contributed by atoms with Gasteiger partial charge in [0.1, 0.15) is 17.2 Å². The first-order chi connectivity index (χ1) is 9.70. The third-order valence-corrected chi connectivity index (χ3v) is 2.75. The van der Waals surface area contributed by atoms with Crippen LogP contribution in [0.25, 0.3) is 11.1 Å². The maximum absolute atomic E-state index is 13.2. The molecule has 110 valence electrons. The van der Waals surface area contributed by atoms with Crippen LogP contribution in [-0.2, 0) is 6.18 Å². The van der Waals surface area contributed by atoms with Crippen LogP contribution >= 0.6 is 0 Å². The Morgan fingerprint density at radius 2 is 1.86 bits per heavy atom. The van der Waals surface area contributed by atoms with Crippen LogP contribution in [0.15, 0.2) is 30.5 Å². The average molecular weight is 300 g/mol. The first kappa shape index (κ1) is 14.8. The molecule has 0 unspecified atom stereocenters. The monoisotopic (exact) mass is 300 g/mol. The Balaban J connectivity index is 2.58. The minimum absolute atomic E-state index is 0.0151. The van der Waals surface area contributed by atoms with E-state index in [9.17, 15) is 22.4 Å². The molecule has 0 radical (unpaired) electrons. The second-order valence-electron chi connectivity index (χ2n) is 4.15. The van der Waals surface area contributed by atoms with E-state index in [4.69, 9.17) is 10.8 Å². The van der Waals surface area contributed by atoms with Crippen LogP contribution in [0.4, 0.5) is 23.4 Å². The predicted molar refractivity (Wildman–Crippen MR) is 66.0 cm³/mol. The van der Waals surface area contributed by atoms with E-state index in [0.29, 0.717) is 12.1 Å². The summed E-state index contributed by atoms with van der Waals surface area (Å²) in [5.74, 6) is -3.03. The molecule has 1 heterocycles. The molecule has 0 amide bonds. The molecule has 0 saturated heterocycles. The lowest BCUT2D eigenvalue weighted by atomic mass is 10.0. The highest BCUT2D eigenvalue weighted by Crippen LogP contribution is 2.34. The third kappa shape index (κ3) is 2.93. The number of aromatic nitrogens is 1. The van der Waals surface area contributed by atoms with E-state index in [2.05, 4.69) is 4.98 Å². The van der Waals surface area contributed by atoms with E-state index >= 15 is 0 Å². The Kier molecular flexibility index (Phi) is 3.54. The summed E-state index contributed by atoms with van der Waals surface area (Å²) in [6.45, 7) is 0. The molecule has 2 rings (SSSR count). The predicted octanol–water partition coefficient (Wildman–Crippen LogP) is 3.19. The van der Waals surface area contributed by atoms with Crippen molar-refractivity contribution in [3.63, 3.8) is 0 Å². The molecule has 4 nitrogen and oxygen atoms in total. The standard InChI is InChI=1S/C13H8F4N2O2/c14-10-2-1-6(4-9(10)13(15,16)17)7-3-8(12(20)21)11(18)19-5-7/h1-5H,(H2,18,19)(H,20,21). The van der Waals surface area contributed by atoms with Gasteiger partial charge in [-0.3, -0.25) is 0 Å². The lowest BCUT2D eigenvalue weighted by Gasteiger charge is -2.11. The first-order valence-corrected chi connectivity index (χ1v) is 5.56. The molecule has 0 fully saturated rings. The van der Waals surface area contributed by atoms with Gasteiger partial charge in [-0.1, -0.05) is 6.07 Å². The van der Waals surface area contributed by atoms with Crippen LogP contribution < -0.4 is 5.73 Å². The minimum atomic E-state index is -4.85. The van der Waals surface area contributed by atoms with Gasteiger partial charge in [-0.25, -0.2) is 14.2 Å². The van der Waals surface area contributed by atoms with Gasteiger partial charge in [-0.15, -0.1) is 0 Å². The molecule has 0 aliphatic heterocycles. The number of nitrogens with zero attached hydrogens (tertiary/aromatic N) is 1. The lowest BCUT2D eigenvalue weighted by Crippen LogP contribution is -2.08. The first-order valence-electron chi connectivity index (χ1n) is 5.56. The zero-order valence-electron chi connectivity index (χ0n) is 10.3. The largest absolute Gasteiger partial charge is 0.478 e. The van der Waals surface area contributed by atoms with Gasteiger partial charge in [0.15, 0.2) is 0 Å². The van der Waals surface area contributed by atoms with Crippen molar-refractivity contribution in [2.24, 2.45) is 0 Å². The Labute approximate surface area is 115 Å². The summed E-state index contributed by atoms with van der Waals surface area (Å²) in [6, 6.07) is 3.44. The number of hydrogen-bond acceptors (Lipinski definition) is 3. The van der Waals surface area contributed by atoms with E-state index in [1.807, 2.05) is 0 Å². The molecule has 8 heteroatoms. The number of hydrogen-bond donors (Lipinski definition) is 2. The van der Waals surface area contributed by atoms with E-state index in [1.165, 1.54) is 0 Å². The van der Waals surface area contributed by atoms with Gasteiger partial charge in [0.25, 0.3) is 0 Å². The summed E-state index contributed by atoms with van der Waals surface area (Å²) >= 11 is 0. The number of aromatic carboxylic acids is 1. The Morgan fingerprint density at radius 1 is 1.19 bits per heavy atom.